The lowest BCUT2D eigenvalue weighted by molar-refractivity contribution is -0.139. The molecule has 0 spiro atoms. The fourth-order valence-corrected chi connectivity index (χ4v) is 1.85. The van der Waals surface area contributed by atoms with Crippen molar-refractivity contribution in [1.29, 1.82) is 0 Å². The van der Waals surface area contributed by atoms with Gasteiger partial charge in [0, 0.05) is 18.9 Å². The van der Waals surface area contributed by atoms with Gasteiger partial charge in [-0.2, -0.15) is 5.10 Å². The van der Waals surface area contributed by atoms with E-state index in [0.717, 1.165) is 0 Å². The largest absolute Gasteiger partial charge is 0.468 e. The summed E-state index contributed by atoms with van der Waals surface area (Å²) < 4.78 is 6.09. The average molecular weight is 327 g/mol. The monoisotopic (exact) mass is 326 g/mol. The minimum absolute atomic E-state index is 0.128. The molecule has 0 aliphatic carbocycles. The predicted molar refractivity (Wildman–Crippen MR) is 70.1 cm³/mol. The fraction of sp³-hybridized carbons (Fsp3) is 0.273. The number of nitrogens with zero attached hydrogens (tertiary/aromatic N) is 3. The van der Waals surface area contributed by atoms with Gasteiger partial charge in [0.15, 0.2) is 0 Å². The molecule has 2 rings (SSSR count). The van der Waals surface area contributed by atoms with E-state index in [4.69, 9.17) is 0 Å². The minimum atomic E-state index is -0.582. The summed E-state index contributed by atoms with van der Waals surface area (Å²) >= 11 is 3.12. The van der Waals surface area contributed by atoms with Crippen LogP contribution in [0.15, 0.2) is 24.8 Å². The molecule has 8 heteroatoms. The van der Waals surface area contributed by atoms with E-state index < -0.39 is 10.8 Å². The van der Waals surface area contributed by atoms with Crippen LogP contribution in [0.5, 0.6) is 0 Å². The van der Waals surface area contributed by atoms with Crippen molar-refractivity contribution in [3.05, 3.63) is 30.4 Å². The van der Waals surface area contributed by atoms with Crippen LogP contribution < -0.4 is 5.32 Å². The molecule has 1 amide bonds. The Morgan fingerprint density at radius 1 is 1.53 bits per heavy atom. The number of alkyl halides is 1. The van der Waals surface area contributed by atoms with E-state index in [1.165, 1.54) is 13.3 Å². The van der Waals surface area contributed by atoms with Gasteiger partial charge in [0.25, 0.3) is 5.91 Å². The van der Waals surface area contributed by atoms with Gasteiger partial charge in [0.2, 0.25) is 0 Å². The first-order valence-corrected chi connectivity index (χ1v) is 6.32. The summed E-state index contributed by atoms with van der Waals surface area (Å²) in [5, 5.41) is 6.66. The van der Waals surface area contributed by atoms with Gasteiger partial charge in [-0.1, -0.05) is 15.9 Å². The normalized spacial score (nSPS) is 12.1. The second kappa shape index (κ2) is 5.79. The Labute approximate surface area is 117 Å². The van der Waals surface area contributed by atoms with Crippen LogP contribution in [-0.2, 0) is 9.53 Å². The second-order valence-electron chi connectivity index (χ2n) is 3.67. The molecular weight excluding hydrogens is 316 g/mol. The van der Waals surface area contributed by atoms with Gasteiger partial charge in [-0.3, -0.25) is 14.6 Å². The molecule has 2 heterocycles. The van der Waals surface area contributed by atoms with Crippen LogP contribution in [0.25, 0.3) is 5.52 Å². The quantitative estimate of drug-likeness (QED) is 0.649. The Bertz CT molecular complexity index is 613. The summed E-state index contributed by atoms with van der Waals surface area (Å²) in [4.78, 5) is 26.5. The van der Waals surface area contributed by atoms with E-state index >= 15 is 0 Å². The first-order valence-electron chi connectivity index (χ1n) is 5.41. The molecule has 0 saturated carbocycles. The molecule has 1 N–H and O–H groups in total. The average Bonchev–Trinajstić information content (AvgIpc) is 2.87. The molecule has 19 heavy (non-hydrogen) atoms. The van der Waals surface area contributed by atoms with Crippen LogP contribution in [0.2, 0.25) is 0 Å². The van der Waals surface area contributed by atoms with Crippen LogP contribution in [0.3, 0.4) is 0 Å². The lowest BCUT2D eigenvalue weighted by atomic mass is 10.2. The molecule has 0 radical (unpaired) electrons. The third-order valence-corrected chi connectivity index (χ3v) is 3.17. The first-order chi connectivity index (χ1) is 9.13. The van der Waals surface area contributed by atoms with E-state index in [0.29, 0.717) is 11.1 Å². The van der Waals surface area contributed by atoms with Crippen LogP contribution in [0.4, 0.5) is 0 Å². The van der Waals surface area contributed by atoms with E-state index in [9.17, 15) is 9.59 Å². The molecule has 0 aliphatic rings. The molecule has 7 nitrogen and oxygen atoms in total. The fourth-order valence-electron chi connectivity index (χ4n) is 1.50. The highest BCUT2D eigenvalue weighted by Gasteiger charge is 2.18. The number of ether oxygens (including phenoxy) is 1. The SMILES string of the molecule is COC(=O)C(Br)CNC(=O)c1cnn2ccncc12. The number of nitrogens with one attached hydrogen (secondary N) is 1. The van der Waals surface area contributed by atoms with Crippen molar-refractivity contribution in [3.63, 3.8) is 0 Å². The number of hydrogen-bond acceptors (Lipinski definition) is 5. The highest BCUT2D eigenvalue weighted by atomic mass is 79.9. The molecule has 2 aromatic heterocycles. The van der Waals surface area contributed by atoms with Crippen LogP contribution >= 0.6 is 15.9 Å². The number of amides is 1. The first kappa shape index (κ1) is 13.5. The van der Waals surface area contributed by atoms with Gasteiger partial charge < -0.3 is 10.1 Å². The molecule has 0 saturated heterocycles. The number of esters is 1. The van der Waals surface area contributed by atoms with Gasteiger partial charge in [-0.25, -0.2) is 4.52 Å². The Kier molecular flexibility index (Phi) is 4.10. The summed E-state index contributed by atoms with van der Waals surface area (Å²) in [6.45, 7) is 0.128. The number of methoxy groups -OCH3 is 1. The lowest BCUT2D eigenvalue weighted by Crippen LogP contribution is -2.33. The molecule has 0 aliphatic heterocycles. The lowest BCUT2D eigenvalue weighted by Gasteiger charge is -2.08. The van der Waals surface area contributed by atoms with Crippen molar-refractivity contribution < 1.29 is 14.3 Å². The van der Waals surface area contributed by atoms with Crippen molar-refractivity contribution in [2.75, 3.05) is 13.7 Å². The third-order valence-electron chi connectivity index (χ3n) is 2.47. The van der Waals surface area contributed by atoms with Gasteiger partial charge in [0.1, 0.15) is 4.83 Å². The second-order valence-corrected chi connectivity index (χ2v) is 4.77. The Hall–Kier alpha value is -1.96. The van der Waals surface area contributed by atoms with Crippen molar-refractivity contribution >= 4 is 33.3 Å². The number of carbonyl (C=O) groups excluding carboxylic acids is 2. The number of carbonyl (C=O) groups is 2. The molecular formula is C11H11BrN4O3. The molecule has 1 atom stereocenters. The maximum atomic E-state index is 12.0. The smallest absolute Gasteiger partial charge is 0.321 e. The minimum Gasteiger partial charge on any atom is -0.468 e. The van der Waals surface area contributed by atoms with E-state index in [1.807, 2.05) is 0 Å². The van der Waals surface area contributed by atoms with Crippen molar-refractivity contribution in [2.24, 2.45) is 0 Å². The molecule has 1 unspecified atom stereocenters. The van der Waals surface area contributed by atoms with E-state index in [-0.39, 0.29) is 12.5 Å². The summed E-state index contributed by atoms with van der Waals surface area (Å²) in [6, 6.07) is 0. The Morgan fingerprint density at radius 2 is 2.32 bits per heavy atom. The van der Waals surface area contributed by atoms with Gasteiger partial charge >= 0.3 is 5.97 Å². The zero-order valence-electron chi connectivity index (χ0n) is 10.0. The summed E-state index contributed by atoms with van der Waals surface area (Å²) in [5.74, 6) is -0.766. The number of hydrogen-bond donors (Lipinski definition) is 1. The maximum absolute atomic E-state index is 12.0. The van der Waals surface area contributed by atoms with Gasteiger partial charge in [-0.05, 0) is 0 Å². The van der Waals surface area contributed by atoms with Crippen LogP contribution in [-0.4, -0.2) is 45.0 Å². The van der Waals surface area contributed by atoms with Crippen LogP contribution in [0, 0.1) is 0 Å². The zero-order chi connectivity index (χ0) is 13.8. The standard InChI is InChI=1S/C11H11BrN4O3/c1-19-11(18)8(12)5-14-10(17)7-4-15-16-3-2-13-6-9(7)16/h2-4,6,8H,5H2,1H3,(H,14,17). The highest BCUT2D eigenvalue weighted by Crippen LogP contribution is 2.08. The Balaban J connectivity index is 2.06. The molecule has 2 aromatic rings. The van der Waals surface area contributed by atoms with Crippen molar-refractivity contribution in [2.45, 2.75) is 4.83 Å². The molecule has 0 bridgehead atoms. The van der Waals surface area contributed by atoms with Gasteiger partial charge in [-0.15, -0.1) is 0 Å². The van der Waals surface area contributed by atoms with Gasteiger partial charge in [0.05, 0.1) is 30.6 Å². The van der Waals surface area contributed by atoms with E-state index in [1.54, 1.807) is 23.1 Å². The summed E-state index contributed by atoms with van der Waals surface area (Å²) in [7, 11) is 1.29. The maximum Gasteiger partial charge on any atom is 0.321 e. The topological polar surface area (TPSA) is 85.6 Å². The molecule has 0 fully saturated rings. The number of halogens is 1. The van der Waals surface area contributed by atoms with Crippen LogP contribution in [0.1, 0.15) is 10.4 Å². The summed E-state index contributed by atoms with van der Waals surface area (Å²) in [5.41, 5.74) is 1.00. The number of fused-ring (bicyclic) bond motifs is 1. The molecule has 100 valence electrons. The molecule has 0 aromatic carbocycles. The highest BCUT2D eigenvalue weighted by molar-refractivity contribution is 9.10. The zero-order valence-corrected chi connectivity index (χ0v) is 11.6. The predicted octanol–water partition coefficient (Wildman–Crippen LogP) is 0.396. The number of rotatable bonds is 4. The third kappa shape index (κ3) is 2.90. The Morgan fingerprint density at radius 3 is 3.05 bits per heavy atom. The van der Waals surface area contributed by atoms with Crippen molar-refractivity contribution in [3.8, 4) is 0 Å². The summed E-state index contributed by atoms with van der Waals surface area (Å²) in [6.07, 6.45) is 6.23. The van der Waals surface area contributed by atoms with E-state index in [2.05, 4.69) is 36.1 Å². The number of aromatic nitrogens is 3. The van der Waals surface area contributed by atoms with Crippen molar-refractivity contribution in [1.82, 2.24) is 19.9 Å².